The monoisotopic (exact) mass is 312 g/mol. The molecule has 0 unspecified atom stereocenters. The zero-order valence-electron chi connectivity index (χ0n) is 13.1. The van der Waals surface area contributed by atoms with Crippen LogP contribution in [0.3, 0.4) is 0 Å². The van der Waals surface area contributed by atoms with E-state index in [0.29, 0.717) is 22.6 Å². The van der Waals surface area contributed by atoms with E-state index in [-0.39, 0.29) is 12.4 Å². The molecule has 7 heteroatoms. The van der Waals surface area contributed by atoms with Gasteiger partial charge in [-0.1, -0.05) is 0 Å². The van der Waals surface area contributed by atoms with Gasteiger partial charge < -0.3 is 9.72 Å². The molecule has 0 radical (unpaired) electrons. The number of pyridine rings is 1. The van der Waals surface area contributed by atoms with E-state index in [2.05, 4.69) is 15.2 Å². The highest BCUT2D eigenvalue weighted by Gasteiger charge is 2.16. The Kier molecular flexibility index (Phi) is 3.69. The van der Waals surface area contributed by atoms with Gasteiger partial charge in [0.1, 0.15) is 5.82 Å². The maximum absolute atomic E-state index is 12.1. The number of hydrogen-bond donors (Lipinski definition) is 1. The molecule has 0 saturated heterocycles. The van der Waals surface area contributed by atoms with Crippen molar-refractivity contribution in [3.8, 4) is 0 Å². The lowest BCUT2D eigenvalue weighted by Gasteiger charge is -2.05. The van der Waals surface area contributed by atoms with E-state index in [1.807, 2.05) is 13.8 Å². The number of aromatic amines is 1. The van der Waals surface area contributed by atoms with Crippen molar-refractivity contribution in [3.63, 3.8) is 0 Å². The van der Waals surface area contributed by atoms with Gasteiger partial charge in [-0.15, -0.1) is 10.2 Å². The molecular formula is C16H16N4O3. The first-order valence-corrected chi connectivity index (χ1v) is 7.13. The first-order chi connectivity index (χ1) is 11.0. The van der Waals surface area contributed by atoms with Gasteiger partial charge in [0.15, 0.2) is 12.3 Å². The molecule has 0 amide bonds. The van der Waals surface area contributed by atoms with Crippen molar-refractivity contribution in [1.82, 2.24) is 19.6 Å². The molecular weight excluding hydrogens is 296 g/mol. The predicted molar refractivity (Wildman–Crippen MR) is 82.6 cm³/mol. The van der Waals surface area contributed by atoms with Crippen LogP contribution in [-0.2, 0) is 4.74 Å². The van der Waals surface area contributed by atoms with Crippen molar-refractivity contribution in [1.29, 1.82) is 0 Å². The van der Waals surface area contributed by atoms with Gasteiger partial charge in [-0.2, -0.15) is 0 Å². The minimum Gasteiger partial charge on any atom is -0.454 e. The average molecular weight is 312 g/mol. The topological polar surface area (TPSA) is 89.3 Å². The predicted octanol–water partition coefficient (Wildman–Crippen LogP) is 2.02. The Labute approximate surface area is 132 Å². The lowest BCUT2D eigenvalue weighted by atomic mass is 10.1. The number of nitrogens with one attached hydrogen (secondary N) is 1. The fourth-order valence-corrected chi connectivity index (χ4v) is 2.43. The maximum Gasteiger partial charge on any atom is 0.340 e. The lowest BCUT2D eigenvalue weighted by Crippen LogP contribution is -2.15. The molecule has 0 fully saturated rings. The SMILES string of the molecule is Cc1cc(C(=O)COC(=O)c2ccc3nnc(C)n3c2)c(C)[nH]1. The molecule has 0 aliphatic heterocycles. The van der Waals surface area contributed by atoms with Gasteiger partial charge in [0, 0.05) is 23.1 Å². The maximum atomic E-state index is 12.1. The third-order valence-corrected chi connectivity index (χ3v) is 3.59. The number of Topliss-reactive ketones (excluding diaryl/α,β-unsaturated/α-hetero) is 1. The second-order valence-electron chi connectivity index (χ2n) is 5.38. The van der Waals surface area contributed by atoms with Crippen LogP contribution in [-0.4, -0.2) is 37.9 Å². The Morgan fingerprint density at radius 3 is 2.70 bits per heavy atom. The summed E-state index contributed by atoms with van der Waals surface area (Å²) in [6.45, 7) is 5.17. The summed E-state index contributed by atoms with van der Waals surface area (Å²) in [4.78, 5) is 27.3. The number of fused-ring (bicyclic) bond motifs is 1. The highest BCUT2D eigenvalue weighted by atomic mass is 16.5. The van der Waals surface area contributed by atoms with Crippen LogP contribution >= 0.6 is 0 Å². The molecule has 0 bridgehead atoms. The largest absolute Gasteiger partial charge is 0.454 e. The Balaban J connectivity index is 1.72. The van der Waals surface area contributed by atoms with Gasteiger partial charge in [0.2, 0.25) is 5.78 Å². The van der Waals surface area contributed by atoms with Crippen LogP contribution in [0.15, 0.2) is 24.4 Å². The number of carbonyl (C=O) groups excluding carboxylic acids is 2. The number of hydrogen-bond acceptors (Lipinski definition) is 5. The Hall–Kier alpha value is -2.96. The second-order valence-corrected chi connectivity index (χ2v) is 5.38. The summed E-state index contributed by atoms with van der Waals surface area (Å²) in [6.07, 6.45) is 1.60. The Morgan fingerprint density at radius 1 is 1.22 bits per heavy atom. The lowest BCUT2D eigenvalue weighted by molar-refractivity contribution is 0.0474. The van der Waals surface area contributed by atoms with Crippen molar-refractivity contribution in [2.75, 3.05) is 6.61 Å². The van der Waals surface area contributed by atoms with E-state index in [0.717, 1.165) is 11.4 Å². The van der Waals surface area contributed by atoms with Crippen LogP contribution < -0.4 is 0 Å². The molecule has 0 saturated carbocycles. The van der Waals surface area contributed by atoms with Gasteiger partial charge in [0.25, 0.3) is 0 Å². The fourth-order valence-electron chi connectivity index (χ4n) is 2.43. The summed E-state index contributed by atoms with van der Waals surface area (Å²) < 4.78 is 6.81. The first-order valence-electron chi connectivity index (χ1n) is 7.13. The van der Waals surface area contributed by atoms with E-state index in [1.54, 1.807) is 35.7 Å². The number of nitrogens with zero attached hydrogens (tertiary/aromatic N) is 3. The average Bonchev–Trinajstić information content (AvgIpc) is 3.06. The van der Waals surface area contributed by atoms with Crippen LogP contribution in [0, 0.1) is 20.8 Å². The zero-order valence-corrected chi connectivity index (χ0v) is 13.1. The number of H-pyrrole nitrogens is 1. The van der Waals surface area contributed by atoms with E-state index in [9.17, 15) is 9.59 Å². The number of aryl methyl sites for hydroxylation is 3. The highest BCUT2D eigenvalue weighted by Crippen LogP contribution is 2.12. The normalized spacial score (nSPS) is 10.9. The summed E-state index contributed by atoms with van der Waals surface area (Å²) >= 11 is 0. The summed E-state index contributed by atoms with van der Waals surface area (Å²) in [5, 5.41) is 7.87. The van der Waals surface area contributed by atoms with E-state index in [1.165, 1.54) is 0 Å². The summed E-state index contributed by atoms with van der Waals surface area (Å²) in [5.41, 5.74) is 3.19. The van der Waals surface area contributed by atoms with Gasteiger partial charge in [0.05, 0.1) is 5.56 Å². The number of rotatable bonds is 4. The van der Waals surface area contributed by atoms with Crippen molar-refractivity contribution >= 4 is 17.4 Å². The quantitative estimate of drug-likeness (QED) is 0.588. The summed E-state index contributed by atoms with van der Waals surface area (Å²) in [6, 6.07) is 5.03. The molecule has 118 valence electrons. The molecule has 3 heterocycles. The fraction of sp³-hybridized carbons (Fsp3) is 0.250. The summed E-state index contributed by atoms with van der Waals surface area (Å²) in [7, 11) is 0. The molecule has 0 aromatic carbocycles. The Bertz CT molecular complexity index is 907. The van der Waals surface area contributed by atoms with Crippen LogP contribution in [0.1, 0.15) is 37.9 Å². The van der Waals surface area contributed by atoms with Crippen molar-refractivity contribution in [3.05, 3.63) is 52.7 Å². The van der Waals surface area contributed by atoms with E-state index in [4.69, 9.17) is 4.74 Å². The Morgan fingerprint density at radius 2 is 2.00 bits per heavy atom. The second kappa shape index (κ2) is 5.68. The van der Waals surface area contributed by atoms with Crippen molar-refractivity contribution in [2.45, 2.75) is 20.8 Å². The minimum absolute atomic E-state index is 0.234. The molecule has 1 N–H and O–H groups in total. The molecule has 3 aromatic heterocycles. The van der Waals surface area contributed by atoms with E-state index < -0.39 is 5.97 Å². The molecule has 23 heavy (non-hydrogen) atoms. The molecule has 3 rings (SSSR count). The third kappa shape index (κ3) is 2.85. The summed E-state index contributed by atoms with van der Waals surface area (Å²) in [5.74, 6) is -0.121. The van der Waals surface area contributed by atoms with Crippen LogP contribution in [0.25, 0.3) is 5.65 Å². The van der Waals surface area contributed by atoms with Crippen LogP contribution in [0.5, 0.6) is 0 Å². The van der Waals surface area contributed by atoms with Gasteiger partial charge in [-0.3, -0.25) is 9.20 Å². The minimum atomic E-state index is -0.557. The molecule has 7 nitrogen and oxygen atoms in total. The third-order valence-electron chi connectivity index (χ3n) is 3.59. The van der Waals surface area contributed by atoms with Crippen LogP contribution in [0.4, 0.5) is 0 Å². The number of ether oxygens (including phenoxy) is 1. The smallest absolute Gasteiger partial charge is 0.340 e. The zero-order chi connectivity index (χ0) is 16.6. The van der Waals surface area contributed by atoms with Crippen molar-refractivity contribution < 1.29 is 14.3 Å². The van der Waals surface area contributed by atoms with Crippen molar-refractivity contribution in [2.24, 2.45) is 0 Å². The molecule has 0 aliphatic carbocycles. The number of aromatic nitrogens is 4. The number of esters is 1. The standard InChI is InChI=1S/C16H16N4O3/c1-9-6-13(10(2)17-9)14(21)8-23-16(22)12-4-5-15-19-18-11(3)20(15)7-12/h4-7,17H,8H2,1-3H3. The van der Waals surface area contributed by atoms with E-state index >= 15 is 0 Å². The van der Waals surface area contributed by atoms with Gasteiger partial charge >= 0.3 is 5.97 Å². The van der Waals surface area contributed by atoms with Crippen LogP contribution in [0.2, 0.25) is 0 Å². The molecule has 3 aromatic rings. The van der Waals surface area contributed by atoms with Gasteiger partial charge in [-0.05, 0) is 39.0 Å². The molecule has 0 atom stereocenters. The van der Waals surface area contributed by atoms with Gasteiger partial charge in [-0.25, -0.2) is 4.79 Å². The molecule has 0 spiro atoms. The highest BCUT2D eigenvalue weighted by molar-refractivity contribution is 6.00. The number of carbonyl (C=O) groups is 2. The molecule has 0 aliphatic rings. The first kappa shape index (κ1) is 15.0. The number of ketones is 1.